The number of thiocarbonyl (C=S) groups is 1. The monoisotopic (exact) mass is 314 g/mol. The number of phenols is 2. The van der Waals surface area contributed by atoms with Gasteiger partial charge >= 0.3 is 0 Å². The van der Waals surface area contributed by atoms with Crippen LogP contribution >= 0.6 is 12.2 Å². The van der Waals surface area contributed by atoms with Gasteiger partial charge in [0, 0.05) is 31.7 Å². The van der Waals surface area contributed by atoms with E-state index in [1.807, 2.05) is 24.3 Å². The quantitative estimate of drug-likeness (QED) is 0.532. The molecule has 6 heteroatoms. The molecule has 0 bridgehead atoms. The number of ether oxygens (including phenoxy) is 1. The molecule has 22 heavy (non-hydrogen) atoms. The van der Waals surface area contributed by atoms with E-state index in [0.717, 1.165) is 10.8 Å². The van der Waals surface area contributed by atoms with E-state index < -0.39 is 0 Å². The zero-order chi connectivity index (χ0) is 15.9. The number of aromatic nitrogens is 1. The van der Waals surface area contributed by atoms with Gasteiger partial charge in [-0.15, -0.1) is 0 Å². The molecule has 0 saturated heterocycles. The molecule has 3 rings (SSSR count). The molecule has 0 fully saturated rings. The van der Waals surface area contributed by atoms with Gasteiger partial charge in [0.1, 0.15) is 0 Å². The normalized spacial score (nSPS) is 10.8. The highest BCUT2D eigenvalue weighted by molar-refractivity contribution is 7.80. The summed E-state index contributed by atoms with van der Waals surface area (Å²) in [5.74, 6) is -0.454. The van der Waals surface area contributed by atoms with E-state index in [-0.39, 0.29) is 22.4 Å². The van der Waals surface area contributed by atoms with Crippen LogP contribution in [0.25, 0.3) is 21.7 Å². The Morgan fingerprint density at radius 3 is 2.68 bits per heavy atom. The van der Waals surface area contributed by atoms with Gasteiger partial charge < -0.3 is 19.8 Å². The predicted molar refractivity (Wildman–Crippen MR) is 89.5 cm³/mol. The molecule has 2 aromatic carbocycles. The summed E-state index contributed by atoms with van der Waals surface area (Å²) in [6, 6.07) is 9.00. The highest BCUT2D eigenvalue weighted by Crippen LogP contribution is 2.44. The first kappa shape index (κ1) is 14.3. The van der Waals surface area contributed by atoms with Crippen molar-refractivity contribution in [1.29, 1.82) is 0 Å². The van der Waals surface area contributed by atoms with Gasteiger partial charge in [0.15, 0.2) is 11.5 Å². The number of phenolic OH excluding ortho intramolecular Hbond substituents is 2. The van der Waals surface area contributed by atoms with Gasteiger partial charge in [-0.2, -0.15) is 0 Å². The zero-order valence-electron chi connectivity index (χ0n) is 12.1. The van der Waals surface area contributed by atoms with E-state index in [1.54, 1.807) is 25.2 Å². The van der Waals surface area contributed by atoms with Crippen LogP contribution in [-0.2, 0) is 0 Å². The Morgan fingerprint density at radius 1 is 1.23 bits per heavy atom. The van der Waals surface area contributed by atoms with Crippen molar-refractivity contribution in [2.24, 2.45) is 0 Å². The Kier molecular flexibility index (Phi) is 3.46. The van der Waals surface area contributed by atoms with E-state index in [0.29, 0.717) is 10.9 Å². The number of benzene rings is 2. The van der Waals surface area contributed by atoms with E-state index in [4.69, 9.17) is 17.0 Å². The maximum absolute atomic E-state index is 10.6. The molecule has 5 nitrogen and oxygen atoms in total. The molecule has 0 atom stereocenters. The number of nitrogens with zero attached hydrogens (tertiary/aromatic N) is 2. The Morgan fingerprint density at radius 2 is 1.95 bits per heavy atom. The van der Waals surface area contributed by atoms with E-state index in [1.165, 1.54) is 6.07 Å². The Balaban J connectivity index is 2.30. The van der Waals surface area contributed by atoms with Gasteiger partial charge in [0.2, 0.25) is 5.75 Å². The summed E-state index contributed by atoms with van der Waals surface area (Å²) in [5, 5.41) is 23.0. The van der Waals surface area contributed by atoms with Crippen molar-refractivity contribution in [3.63, 3.8) is 0 Å². The molecule has 1 heterocycles. The first-order valence-electron chi connectivity index (χ1n) is 6.60. The number of hydrogen-bond donors (Lipinski definition) is 2. The van der Waals surface area contributed by atoms with Crippen molar-refractivity contribution in [3.05, 3.63) is 36.5 Å². The van der Waals surface area contributed by atoms with Crippen LogP contribution in [0.5, 0.6) is 17.2 Å². The van der Waals surface area contributed by atoms with Gasteiger partial charge in [-0.05, 0) is 17.6 Å². The molecule has 3 aromatic rings. The number of pyridine rings is 1. The lowest BCUT2D eigenvalue weighted by molar-refractivity contribution is 0.378. The van der Waals surface area contributed by atoms with Crippen molar-refractivity contribution in [2.75, 3.05) is 14.1 Å². The predicted octanol–water partition coefficient (Wildman–Crippen LogP) is 3.02. The van der Waals surface area contributed by atoms with Crippen LogP contribution in [-0.4, -0.2) is 39.4 Å². The fourth-order valence-corrected chi connectivity index (χ4v) is 2.33. The number of aromatic hydroxyl groups is 2. The van der Waals surface area contributed by atoms with Crippen molar-refractivity contribution in [3.8, 4) is 17.2 Å². The topological polar surface area (TPSA) is 65.8 Å². The lowest BCUT2D eigenvalue weighted by Crippen LogP contribution is -2.25. The smallest absolute Gasteiger partial charge is 0.264 e. The minimum absolute atomic E-state index is 0.0654. The molecule has 0 aliphatic carbocycles. The Labute approximate surface area is 132 Å². The van der Waals surface area contributed by atoms with Crippen LogP contribution in [0, 0.1) is 0 Å². The minimum Gasteiger partial charge on any atom is -0.504 e. The first-order valence-corrected chi connectivity index (χ1v) is 7.01. The van der Waals surface area contributed by atoms with Crippen molar-refractivity contribution >= 4 is 39.1 Å². The molecule has 1 aromatic heterocycles. The van der Waals surface area contributed by atoms with Crippen LogP contribution in [0.15, 0.2) is 36.5 Å². The summed E-state index contributed by atoms with van der Waals surface area (Å²) in [4.78, 5) is 5.84. The second kappa shape index (κ2) is 5.31. The molecule has 2 N–H and O–H groups in total. The lowest BCUT2D eigenvalue weighted by atomic mass is 10.1. The molecule has 0 amide bonds. The summed E-state index contributed by atoms with van der Waals surface area (Å²) >= 11 is 5.06. The van der Waals surface area contributed by atoms with E-state index in [2.05, 4.69) is 4.98 Å². The third kappa shape index (κ3) is 2.27. The third-order valence-electron chi connectivity index (χ3n) is 3.34. The summed E-state index contributed by atoms with van der Waals surface area (Å²) in [7, 11) is 3.43. The molecule has 0 unspecified atom stereocenters. The first-order chi connectivity index (χ1) is 10.5. The summed E-state index contributed by atoms with van der Waals surface area (Å²) < 4.78 is 5.42. The SMILES string of the molecule is CN(C)C(=S)Oc1c(O)cc2ncc3ccccc3c2c1O. The van der Waals surface area contributed by atoms with Crippen LogP contribution in [0.2, 0.25) is 0 Å². The molecule has 0 saturated carbocycles. The third-order valence-corrected chi connectivity index (χ3v) is 3.79. The van der Waals surface area contributed by atoms with Gasteiger partial charge in [-0.25, -0.2) is 0 Å². The van der Waals surface area contributed by atoms with Gasteiger partial charge in [-0.3, -0.25) is 4.98 Å². The van der Waals surface area contributed by atoms with Gasteiger partial charge in [0.05, 0.1) is 10.9 Å². The molecule has 0 spiro atoms. The van der Waals surface area contributed by atoms with Crippen molar-refractivity contribution in [1.82, 2.24) is 9.88 Å². The highest BCUT2D eigenvalue weighted by atomic mass is 32.1. The van der Waals surface area contributed by atoms with Gasteiger partial charge in [0.25, 0.3) is 5.17 Å². The summed E-state index contributed by atoms with van der Waals surface area (Å²) in [6.45, 7) is 0. The van der Waals surface area contributed by atoms with Crippen LogP contribution < -0.4 is 4.74 Å². The number of hydrogen-bond acceptors (Lipinski definition) is 5. The second-order valence-electron chi connectivity index (χ2n) is 5.08. The fourth-order valence-electron chi connectivity index (χ4n) is 2.25. The zero-order valence-corrected chi connectivity index (χ0v) is 12.9. The number of rotatable bonds is 1. The van der Waals surface area contributed by atoms with Crippen molar-refractivity contribution in [2.45, 2.75) is 0 Å². The molecule has 112 valence electrons. The Hall–Kier alpha value is -2.60. The standard InChI is InChI=1S/C16H14N2O3S/c1-18(2)16(22)21-15-12(19)7-11-13(14(15)20)10-6-4-3-5-9(10)8-17-11/h3-8,19-20H,1-2H3. The maximum Gasteiger partial charge on any atom is 0.264 e. The fraction of sp³-hybridized carbons (Fsp3) is 0.125. The summed E-state index contributed by atoms with van der Waals surface area (Å²) in [6.07, 6.45) is 1.70. The minimum atomic E-state index is -0.211. The lowest BCUT2D eigenvalue weighted by Gasteiger charge is -2.17. The average molecular weight is 314 g/mol. The average Bonchev–Trinajstić information content (AvgIpc) is 2.50. The summed E-state index contributed by atoms with van der Waals surface area (Å²) in [5.41, 5.74) is 0.483. The molecule has 0 aliphatic heterocycles. The van der Waals surface area contributed by atoms with Gasteiger partial charge in [-0.1, -0.05) is 24.3 Å². The van der Waals surface area contributed by atoms with Crippen LogP contribution in [0.1, 0.15) is 0 Å². The number of fused-ring (bicyclic) bond motifs is 3. The molecular weight excluding hydrogens is 300 g/mol. The molecular formula is C16H14N2O3S. The molecule has 0 aliphatic rings. The van der Waals surface area contributed by atoms with E-state index >= 15 is 0 Å². The van der Waals surface area contributed by atoms with E-state index in [9.17, 15) is 10.2 Å². The molecule has 0 radical (unpaired) electrons. The highest BCUT2D eigenvalue weighted by Gasteiger charge is 2.18. The van der Waals surface area contributed by atoms with Crippen LogP contribution in [0.4, 0.5) is 0 Å². The second-order valence-corrected chi connectivity index (χ2v) is 5.42. The largest absolute Gasteiger partial charge is 0.504 e. The van der Waals surface area contributed by atoms with Crippen molar-refractivity contribution < 1.29 is 14.9 Å². The van der Waals surface area contributed by atoms with Crippen LogP contribution in [0.3, 0.4) is 0 Å². The Bertz CT molecular complexity index is 893. The maximum atomic E-state index is 10.6.